The summed E-state index contributed by atoms with van der Waals surface area (Å²) in [5.74, 6) is 1.07. The van der Waals surface area contributed by atoms with E-state index in [9.17, 15) is 4.79 Å². The molecule has 2 nitrogen and oxygen atoms in total. The van der Waals surface area contributed by atoms with Crippen LogP contribution >= 0.6 is 11.6 Å². The molecular weight excluding hydrogens is 248 g/mol. The first kappa shape index (κ1) is 13.2. The highest BCUT2D eigenvalue weighted by atomic mass is 35.5. The van der Waals surface area contributed by atoms with Crippen LogP contribution in [0.15, 0.2) is 41.1 Å². The number of benzene rings is 1. The molecule has 96 valence electrons. The molecule has 0 N–H and O–H groups in total. The standard InChI is InChI=1S/C15H17ClO2/c1-10-12(8-11-6-4-3-5-7-11)9-13(17)14(16)15(10)18-2/h3-7,10,12H,8-9H2,1-2H3. The van der Waals surface area contributed by atoms with Crippen molar-refractivity contribution in [3.63, 3.8) is 0 Å². The highest BCUT2D eigenvalue weighted by Crippen LogP contribution is 2.36. The van der Waals surface area contributed by atoms with Crippen molar-refractivity contribution in [1.29, 1.82) is 0 Å². The molecule has 3 heteroatoms. The van der Waals surface area contributed by atoms with E-state index in [1.54, 1.807) is 7.11 Å². The Morgan fingerprint density at radius 3 is 2.61 bits per heavy atom. The van der Waals surface area contributed by atoms with E-state index in [1.807, 2.05) is 18.2 Å². The molecule has 1 aliphatic rings. The van der Waals surface area contributed by atoms with Gasteiger partial charge in [0.2, 0.25) is 0 Å². The summed E-state index contributed by atoms with van der Waals surface area (Å²) in [7, 11) is 1.58. The number of carbonyl (C=O) groups excluding carboxylic acids is 1. The maximum atomic E-state index is 11.8. The average molecular weight is 265 g/mol. The molecule has 0 aliphatic heterocycles. The van der Waals surface area contributed by atoms with Crippen molar-refractivity contribution in [2.75, 3.05) is 7.11 Å². The minimum absolute atomic E-state index is 0.00690. The van der Waals surface area contributed by atoms with Gasteiger partial charge in [-0.05, 0) is 17.9 Å². The lowest BCUT2D eigenvalue weighted by Gasteiger charge is -2.29. The predicted molar refractivity (Wildman–Crippen MR) is 72.3 cm³/mol. The van der Waals surface area contributed by atoms with Crippen LogP contribution in [-0.2, 0) is 16.0 Å². The molecule has 0 amide bonds. The second-order valence-corrected chi connectivity index (χ2v) is 5.13. The van der Waals surface area contributed by atoms with E-state index >= 15 is 0 Å². The molecule has 2 unspecified atom stereocenters. The largest absolute Gasteiger partial charge is 0.499 e. The third kappa shape index (κ3) is 2.59. The first-order valence-corrected chi connectivity index (χ1v) is 6.52. The van der Waals surface area contributed by atoms with Gasteiger partial charge in [0, 0.05) is 12.3 Å². The molecule has 0 radical (unpaired) electrons. The molecule has 1 aromatic carbocycles. The minimum Gasteiger partial charge on any atom is -0.499 e. The van der Waals surface area contributed by atoms with E-state index in [-0.39, 0.29) is 22.7 Å². The Kier molecular flexibility index (Phi) is 4.07. The van der Waals surface area contributed by atoms with Gasteiger partial charge in [0.25, 0.3) is 0 Å². The summed E-state index contributed by atoms with van der Waals surface area (Å²) in [5.41, 5.74) is 1.25. The smallest absolute Gasteiger partial charge is 0.177 e. The van der Waals surface area contributed by atoms with Gasteiger partial charge in [-0.3, -0.25) is 4.79 Å². The summed E-state index contributed by atoms with van der Waals surface area (Å²) >= 11 is 6.00. The Bertz CT molecular complexity index is 465. The van der Waals surface area contributed by atoms with Gasteiger partial charge in [0.15, 0.2) is 5.78 Å². The van der Waals surface area contributed by atoms with Gasteiger partial charge in [-0.15, -0.1) is 0 Å². The lowest BCUT2D eigenvalue weighted by atomic mass is 9.79. The number of ketones is 1. The molecule has 2 atom stereocenters. The van der Waals surface area contributed by atoms with E-state index < -0.39 is 0 Å². The number of Topliss-reactive ketones (excluding diaryl/α,β-unsaturated/α-hetero) is 1. The van der Waals surface area contributed by atoms with Crippen molar-refractivity contribution in [2.24, 2.45) is 11.8 Å². The average Bonchev–Trinajstić information content (AvgIpc) is 2.38. The highest BCUT2D eigenvalue weighted by molar-refractivity contribution is 6.43. The van der Waals surface area contributed by atoms with Gasteiger partial charge in [0.1, 0.15) is 10.8 Å². The molecule has 0 aromatic heterocycles. The lowest BCUT2D eigenvalue weighted by molar-refractivity contribution is -0.117. The number of ether oxygens (including phenoxy) is 1. The van der Waals surface area contributed by atoms with Crippen molar-refractivity contribution >= 4 is 17.4 Å². The van der Waals surface area contributed by atoms with Crippen molar-refractivity contribution < 1.29 is 9.53 Å². The molecule has 0 saturated heterocycles. The monoisotopic (exact) mass is 264 g/mol. The molecule has 0 heterocycles. The third-order valence-corrected chi connectivity index (χ3v) is 3.99. The van der Waals surface area contributed by atoms with Crippen molar-refractivity contribution in [3.05, 3.63) is 46.7 Å². The maximum Gasteiger partial charge on any atom is 0.177 e. The normalized spacial score (nSPS) is 24.3. The quantitative estimate of drug-likeness (QED) is 0.835. The zero-order chi connectivity index (χ0) is 13.1. The van der Waals surface area contributed by atoms with Crippen LogP contribution in [0, 0.1) is 11.8 Å². The summed E-state index contributed by atoms with van der Waals surface area (Å²) in [6.07, 6.45) is 1.38. The Hall–Kier alpha value is -1.28. The number of allylic oxidation sites excluding steroid dienone is 2. The molecular formula is C15H17ClO2. The van der Waals surface area contributed by atoms with Gasteiger partial charge >= 0.3 is 0 Å². The topological polar surface area (TPSA) is 26.3 Å². The van der Waals surface area contributed by atoms with Crippen LogP contribution in [0.4, 0.5) is 0 Å². The second kappa shape index (κ2) is 5.57. The van der Waals surface area contributed by atoms with Crippen LogP contribution in [0.1, 0.15) is 18.9 Å². The molecule has 0 saturated carbocycles. The first-order chi connectivity index (χ1) is 8.63. The molecule has 1 aliphatic carbocycles. The van der Waals surface area contributed by atoms with Crippen LogP contribution in [0.25, 0.3) is 0 Å². The Labute approximate surface area is 113 Å². The zero-order valence-corrected chi connectivity index (χ0v) is 11.4. The number of hydrogen-bond acceptors (Lipinski definition) is 2. The van der Waals surface area contributed by atoms with Crippen molar-refractivity contribution in [3.8, 4) is 0 Å². The molecule has 2 rings (SSSR count). The number of carbonyl (C=O) groups is 1. The summed E-state index contributed by atoms with van der Waals surface area (Å²) in [6.45, 7) is 2.07. The Morgan fingerprint density at radius 2 is 2.00 bits per heavy atom. The van der Waals surface area contributed by atoms with E-state index in [0.717, 1.165) is 6.42 Å². The van der Waals surface area contributed by atoms with Crippen molar-refractivity contribution in [2.45, 2.75) is 19.8 Å². The van der Waals surface area contributed by atoms with Gasteiger partial charge in [-0.25, -0.2) is 0 Å². The van der Waals surface area contributed by atoms with E-state index in [1.165, 1.54) is 5.56 Å². The van der Waals surface area contributed by atoms with E-state index in [4.69, 9.17) is 16.3 Å². The number of hydrogen-bond donors (Lipinski definition) is 0. The number of methoxy groups -OCH3 is 1. The number of halogens is 1. The Balaban J connectivity index is 2.19. The minimum atomic E-state index is -0.00690. The highest BCUT2D eigenvalue weighted by Gasteiger charge is 2.33. The Morgan fingerprint density at radius 1 is 1.33 bits per heavy atom. The molecule has 0 spiro atoms. The second-order valence-electron chi connectivity index (χ2n) is 4.75. The zero-order valence-electron chi connectivity index (χ0n) is 10.7. The van der Waals surface area contributed by atoms with Crippen molar-refractivity contribution in [1.82, 2.24) is 0 Å². The van der Waals surface area contributed by atoms with Gasteiger partial charge in [-0.1, -0.05) is 48.9 Å². The number of rotatable bonds is 3. The summed E-state index contributed by atoms with van der Waals surface area (Å²) in [5, 5.41) is 0.273. The maximum absolute atomic E-state index is 11.8. The summed E-state index contributed by atoms with van der Waals surface area (Å²) in [6, 6.07) is 10.2. The SMILES string of the molecule is COC1=C(Cl)C(=O)CC(Cc2ccccc2)C1C. The lowest BCUT2D eigenvalue weighted by Crippen LogP contribution is -2.27. The summed E-state index contributed by atoms with van der Waals surface area (Å²) < 4.78 is 5.28. The van der Waals surface area contributed by atoms with Gasteiger partial charge < -0.3 is 4.74 Å². The van der Waals surface area contributed by atoms with Crippen LogP contribution in [0.2, 0.25) is 0 Å². The van der Waals surface area contributed by atoms with Crippen LogP contribution in [0.3, 0.4) is 0 Å². The summed E-state index contributed by atoms with van der Waals surface area (Å²) in [4.78, 5) is 11.8. The molecule has 0 bridgehead atoms. The van der Waals surface area contributed by atoms with Crippen LogP contribution < -0.4 is 0 Å². The fourth-order valence-corrected chi connectivity index (χ4v) is 2.82. The fourth-order valence-electron chi connectivity index (χ4n) is 2.50. The van der Waals surface area contributed by atoms with Crippen LogP contribution in [-0.4, -0.2) is 12.9 Å². The molecule has 18 heavy (non-hydrogen) atoms. The van der Waals surface area contributed by atoms with Crippen LogP contribution in [0.5, 0.6) is 0 Å². The first-order valence-electron chi connectivity index (χ1n) is 6.14. The van der Waals surface area contributed by atoms with E-state index in [0.29, 0.717) is 12.2 Å². The fraction of sp³-hybridized carbons (Fsp3) is 0.400. The van der Waals surface area contributed by atoms with Gasteiger partial charge in [-0.2, -0.15) is 0 Å². The third-order valence-electron chi connectivity index (χ3n) is 3.59. The molecule has 1 aromatic rings. The van der Waals surface area contributed by atoms with E-state index in [2.05, 4.69) is 19.1 Å². The predicted octanol–water partition coefficient (Wildman–Crippen LogP) is 3.55. The molecule has 0 fully saturated rings. The van der Waals surface area contributed by atoms with Gasteiger partial charge in [0.05, 0.1) is 7.11 Å².